The summed E-state index contributed by atoms with van der Waals surface area (Å²) < 4.78 is 6.37. The highest BCUT2D eigenvalue weighted by atomic mass is 35.5. The van der Waals surface area contributed by atoms with Crippen molar-refractivity contribution >= 4 is 23.5 Å². The zero-order valence-corrected chi connectivity index (χ0v) is 23.1. The minimum absolute atomic E-state index is 0.166. The summed E-state index contributed by atoms with van der Waals surface area (Å²) in [7, 11) is 0. The second-order valence-electron chi connectivity index (χ2n) is 10.8. The molecular weight excluding hydrogens is 498 g/mol. The van der Waals surface area contributed by atoms with Crippen molar-refractivity contribution in [3.05, 3.63) is 99.6 Å². The Morgan fingerprint density at radius 2 is 1.71 bits per heavy atom. The van der Waals surface area contributed by atoms with E-state index in [9.17, 15) is 14.7 Å². The predicted octanol–water partition coefficient (Wildman–Crippen LogP) is 6.49. The third-order valence-corrected chi connectivity index (χ3v) is 7.37. The summed E-state index contributed by atoms with van der Waals surface area (Å²) in [5, 5.41) is 9.95. The molecule has 38 heavy (non-hydrogen) atoms. The Labute approximate surface area is 230 Å². The average Bonchev–Trinajstić information content (AvgIpc) is 3.20. The molecule has 4 rings (SSSR count). The zero-order chi connectivity index (χ0) is 27.3. The molecule has 1 N–H and O–H groups in total. The van der Waals surface area contributed by atoms with Gasteiger partial charge in [0.05, 0.1) is 0 Å². The van der Waals surface area contributed by atoms with Gasteiger partial charge in [0.1, 0.15) is 17.9 Å². The molecule has 1 aliphatic rings. The topological polar surface area (TPSA) is 66.8 Å². The number of hydrogen-bond donors (Lipinski definition) is 1. The van der Waals surface area contributed by atoms with E-state index in [2.05, 4.69) is 51.1 Å². The van der Waals surface area contributed by atoms with Gasteiger partial charge in [-0.3, -0.25) is 9.59 Å². The first-order valence-electron chi connectivity index (χ1n) is 13.2. The summed E-state index contributed by atoms with van der Waals surface area (Å²) in [6.45, 7) is 6.57. The van der Waals surface area contributed by atoms with Gasteiger partial charge in [-0.05, 0) is 71.7 Å². The molecule has 1 unspecified atom stereocenters. The van der Waals surface area contributed by atoms with Crippen LogP contribution in [-0.2, 0) is 35.3 Å². The van der Waals surface area contributed by atoms with Crippen molar-refractivity contribution in [1.82, 2.24) is 4.90 Å². The molecule has 0 radical (unpaired) electrons. The number of hydrogen-bond acceptors (Lipinski definition) is 3. The van der Waals surface area contributed by atoms with Crippen molar-refractivity contribution < 1.29 is 19.4 Å². The van der Waals surface area contributed by atoms with Crippen molar-refractivity contribution in [3.63, 3.8) is 0 Å². The molecule has 1 atom stereocenters. The van der Waals surface area contributed by atoms with Crippen LogP contribution in [0.3, 0.4) is 0 Å². The number of halogens is 1. The van der Waals surface area contributed by atoms with Gasteiger partial charge in [-0.25, -0.2) is 0 Å². The highest BCUT2D eigenvalue weighted by Crippen LogP contribution is 2.37. The molecule has 0 bridgehead atoms. The number of amides is 1. The number of benzene rings is 3. The van der Waals surface area contributed by atoms with Crippen LogP contribution < -0.4 is 4.74 Å². The number of fused-ring (bicyclic) bond motifs is 1. The fourth-order valence-corrected chi connectivity index (χ4v) is 5.32. The molecule has 1 aliphatic heterocycles. The zero-order valence-electron chi connectivity index (χ0n) is 22.4. The number of carboxylic acid groups (broad SMARTS) is 1. The largest absolute Gasteiger partial charge is 0.487 e. The molecule has 5 nitrogen and oxygen atoms in total. The van der Waals surface area contributed by atoms with E-state index in [1.807, 2.05) is 30.3 Å². The molecule has 0 saturated heterocycles. The summed E-state index contributed by atoms with van der Waals surface area (Å²) in [5.74, 6) is 0.226. The maximum absolute atomic E-state index is 13.0. The van der Waals surface area contributed by atoms with Gasteiger partial charge in [0, 0.05) is 30.8 Å². The number of carboxylic acids is 1. The highest BCUT2D eigenvalue weighted by molar-refractivity contribution is 6.30. The fourth-order valence-electron chi connectivity index (χ4n) is 5.10. The second kappa shape index (κ2) is 12.0. The van der Waals surface area contributed by atoms with Gasteiger partial charge >= 0.3 is 5.97 Å². The number of aryl methyl sites for hydroxylation is 1. The first-order valence-corrected chi connectivity index (χ1v) is 13.6. The van der Waals surface area contributed by atoms with Gasteiger partial charge in [-0.1, -0.05) is 74.0 Å². The van der Waals surface area contributed by atoms with E-state index in [0.29, 0.717) is 30.3 Å². The minimum Gasteiger partial charge on any atom is -0.487 e. The molecule has 0 aromatic heterocycles. The van der Waals surface area contributed by atoms with Crippen LogP contribution in [-0.4, -0.2) is 40.6 Å². The second-order valence-corrected chi connectivity index (χ2v) is 11.3. The van der Waals surface area contributed by atoms with Gasteiger partial charge in [-0.2, -0.15) is 0 Å². The number of carbonyl (C=O) groups excluding carboxylic acids is 1. The van der Waals surface area contributed by atoms with Crippen LogP contribution in [0.25, 0.3) is 0 Å². The lowest BCUT2D eigenvalue weighted by Crippen LogP contribution is -2.37. The Morgan fingerprint density at radius 1 is 1.00 bits per heavy atom. The summed E-state index contributed by atoms with van der Waals surface area (Å²) in [6.07, 6.45) is 2.98. The van der Waals surface area contributed by atoms with Gasteiger partial charge in [0.15, 0.2) is 0 Å². The molecule has 0 spiro atoms. The van der Waals surface area contributed by atoms with Crippen LogP contribution in [0.2, 0.25) is 5.02 Å². The third-order valence-electron chi connectivity index (χ3n) is 7.14. The fraction of sp³-hybridized carbons (Fsp3) is 0.375. The number of rotatable bonds is 11. The molecule has 0 saturated carbocycles. The van der Waals surface area contributed by atoms with E-state index in [1.165, 1.54) is 16.0 Å². The van der Waals surface area contributed by atoms with Gasteiger partial charge < -0.3 is 14.7 Å². The van der Waals surface area contributed by atoms with Crippen molar-refractivity contribution in [1.29, 1.82) is 0 Å². The number of ether oxygens (including phenoxy) is 1. The van der Waals surface area contributed by atoms with Crippen LogP contribution in [0.1, 0.15) is 60.9 Å². The van der Waals surface area contributed by atoms with Crippen LogP contribution >= 0.6 is 11.6 Å². The summed E-state index contributed by atoms with van der Waals surface area (Å²) >= 11 is 6.06. The van der Waals surface area contributed by atoms with E-state index in [0.717, 1.165) is 35.3 Å². The van der Waals surface area contributed by atoms with Gasteiger partial charge in [-0.15, -0.1) is 0 Å². The van der Waals surface area contributed by atoms with E-state index in [4.69, 9.17) is 16.3 Å². The Morgan fingerprint density at radius 3 is 2.39 bits per heavy atom. The summed E-state index contributed by atoms with van der Waals surface area (Å²) in [5.41, 5.74) is 5.45. The molecule has 0 aliphatic carbocycles. The minimum atomic E-state index is -1.02. The Balaban J connectivity index is 1.35. The molecule has 3 aromatic rings. The Kier molecular flexibility index (Phi) is 8.78. The standard InChI is InChI=1S/C32H36ClNO4/c1-22(2)26-11-7-25(8-12-26)19-32(3)20-27-17-24(9-13-29(27)38-32)10-14-30(35)34(21-31(36)37)16-15-23-5-4-6-28(33)18-23/h4-9,11-13,17-18,22H,10,14-16,19-21H2,1-3H3,(H,36,37). The van der Waals surface area contributed by atoms with Crippen molar-refractivity contribution in [2.75, 3.05) is 13.1 Å². The Bertz CT molecular complexity index is 1290. The Hall–Kier alpha value is -3.31. The number of aliphatic carboxylic acids is 1. The van der Waals surface area contributed by atoms with Crippen molar-refractivity contribution in [3.8, 4) is 5.75 Å². The van der Waals surface area contributed by atoms with Crippen molar-refractivity contribution in [2.24, 2.45) is 0 Å². The molecule has 3 aromatic carbocycles. The maximum atomic E-state index is 13.0. The van der Waals surface area contributed by atoms with Crippen LogP contribution in [0.4, 0.5) is 0 Å². The van der Waals surface area contributed by atoms with Crippen LogP contribution in [0, 0.1) is 0 Å². The summed E-state index contributed by atoms with van der Waals surface area (Å²) in [6, 6.07) is 22.3. The third kappa shape index (κ3) is 7.38. The highest BCUT2D eigenvalue weighted by Gasteiger charge is 2.35. The van der Waals surface area contributed by atoms with Crippen LogP contribution in [0.15, 0.2) is 66.7 Å². The maximum Gasteiger partial charge on any atom is 0.323 e. The smallest absolute Gasteiger partial charge is 0.323 e. The molecular formula is C32H36ClNO4. The number of nitrogens with zero attached hydrogens (tertiary/aromatic N) is 1. The first kappa shape index (κ1) is 27.7. The monoisotopic (exact) mass is 533 g/mol. The van der Waals surface area contributed by atoms with E-state index >= 15 is 0 Å². The molecule has 1 amide bonds. The van der Waals surface area contributed by atoms with E-state index < -0.39 is 5.97 Å². The molecule has 0 fully saturated rings. The molecule has 6 heteroatoms. The average molecular weight is 534 g/mol. The quantitative estimate of drug-likeness (QED) is 0.306. The normalized spacial score (nSPS) is 16.2. The lowest BCUT2D eigenvalue weighted by Gasteiger charge is -2.24. The predicted molar refractivity (Wildman–Crippen MR) is 151 cm³/mol. The van der Waals surface area contributed by atoms with E-state index in [1.54, 1.807) is 6.07 Å². The summed E-state index contributed by atoms with van der Waals surface area (Å²) in [4.78, 5) is 25.8. The first-order chi connectivity index (χ1) is 18.1. The lowest BCUT2D eigenvalue weighted by molar-refractivity contribution is -0.144. The molecule has 1 heterocycles. The number of carbonyl (C=O) groups is 2. The SMILES string of the molecule is CC(C)c1ccc(CC2(C)Cc3cc(CCC(=O)N(CCc4cccc(Cl)c4)CC(=O)O)ccc3O2)cc1. The van der Waals surface area contributed by atoms with E-state index in [-0.39, 0.29) is 24.5 Å². The molecule has 200 valence electrons. The van der Waals surface area contributed by atoms with Crippen molar-refractivity contribution in [2.45, 2.75) is 64.4 Å². The lowest BCUT2D eigenvalue weighted by atomic mass is 9.90. The van der Waals surface area contributed by atoms with Gasteiger partial charge in [0.25, 0.3) is 0 Å². The van der Waals surface area contributed by atoms with Crippen LogP contribution in [0.5, 0.6) is 5.75 Å². The van der Waals surface area contributed by atoms with Gasteiger partial charge in [0.2, 0.25) is 5.91 Å².